The predicted molar refractivity (Wildman–Crippen MR) is 146 cm³/mol. The average Bonchev–Trinajstić information content (AvgIpc) is 2.91. The molecule has 1 unspecified atom stereocenters. The Morgan fingerprint density at radius 1 is 1.00 bits per heavy atom. The van der Waals surface area contributed by atoms with Crippen molar-refractivity contribution < 1.29 is 23.8 Å². The van der Waals surface area contributed by atoms with E-state index < -0.39 is 5.25 Å². The van der Waals surface area contributed by atoms with Gasteiger partial charge in [0, 0.05) is 11.4 Å². The third-order valence-corrected chi connectivity index (χ3v) is 7.08. The molecule has 1 fully saturated rings. The lowest BCUT2D eigenvalue weighted by Gasteiger charge is -2.32. The Hall–Kier alpha value is -3.69. The monoisotopic (exact) mass is 539 g/mol. The number of nitrogens with one attached hydrogen (secondary N) is 1. The zero-order valence-electron chi connectivity index (χ0n) is 20.6. The maximum Gasteiger partial charge on any atom is 0.238 e. The van der Waals surface area contributed by atoms with Gasteiger partial charge in [-0.1, -0.05) is 41.6 Å². The van der Waals surface area contributed by atoms with Crippen LogP contribution in [0.5, 0.6) is 17.2 Å². The Kier molecular flexibility index (Phi) is 8.58. The van der Waals surface area contributed by atoms with Gasteiger partial charge in [0.05, 0.1) is 39.2 Å². The van der Waals surface area contributed by atoms with Crippen molar-refractivity contribution in [2.24, 2.45) is 4.99 Å². The van der Waals surface area contributed by atoms with Crippen molar-refractivity contribution in [3.05, 3.63) is 77.3 Å². The van der Waals surface area contributed by atoms with Gasteiger partial charge in [-0.05, 0) is 54.1 Å². The summed E-state index contributed by atoms with van der Waals surface area (Å²) in [4.78, 5) is 32.8. The number of aliphatic imine (C=N–C) groups is 1. The number of methoxy groups -OCH3 is 3. The van der Waals surface area contributed by atoms with Crippen molar-refractivity contribution in [1.29, 1.82) is 0 Å². The molecule has 1 atom stereocenters. The van der Waals surface area contributed by atoms with Gasteiger partial charge in [0.1, 0.15) is 11.0 Å². The number of carbonyl (C=O) groups is 2. The first kappa shape index (κ1) is 26.4. The summed E-state index contributed by atoms with van der Waals surface area (Å²) < 4.78 is 16.1. The molecule has 192 valence electrons. The minimum atomic E-state index is -0.676. The number of benzene rings is 3. The summed E-state index contributed by atoms with van der Waals surface area (Å²) in [6.45, 7) is 0.249. The van der Waals surface area contributed by atoms with E-state index in [4.69, 9.17) is 30.8 Å². The number of rotatable bonds is 8. The number of hydrogen-bond donors (Lipinski definition) is 1. The fourth-order valence-corrected chi connectivity index (χ4v) is 4.97. The molecule has 0 saturated carbocycles. The molecule has 3 aromatic rings. The Balaban J connectivity index is 1.62. The number of halogens is 1. The highest BCUT2D eigenvalue weighted by atomic mass is 35.5. The largest absolute Gasteiger partial charge is 0.495 e. The lowest BCUT2D eigenvalue weighted by molar-refractivity contribution is -0.129. The van der Waals surface area contributed by atoms with Crippen LogP contribution in [0.1, 0.15) is 12.0 Å². The molecular weight excluding hydrogens is 514 g/mol. The van der Waals surface area contributed by atoms with E-state index in [0.717, 1.165) is 5.56 Å². The molecule has 4 rings (SSSR count). The van der Waals surface area contributed by atoms with Crippen LogP contribution in [0.3, 0.4) is 0 Å². The first-order valence-electron chi connectivity index (χ1n) is 11.4. The normalized spacial score (nSPS) is 16.4. The van der Waals surface area contributed by atoms with Gasteiger partial charge in [-0.2, -0.15) is 0 Å². The molecule has 0 bridgehead atoms. The minimum absolute atomic E-state index is 0.0125. The zero-order valence-corrected chi connectivity index (χ0v) is 22.1. The molecule has 0 spiro atoms. The lowest BCUT2D eigenvalue weighted by atomic mass is 10.1. The van der Waals surface area contributed by atoms with Gasteiger partial charge in [-0.3, -0.25) is 14.5 Å². The van der Waals surface area contributed by atoms with E-state index >= 15 is 0 Å². The zero-order chi connectivity index (χ0) is 26.4. The maximum atomic E-state index is 13.4. The number of amides is 2. The molecule has 0 radical (unpaired) electrons. The smallest absolute Gasteiger partial charge is 0.238 e. The predicted octanol–water partition coefficient (Wildman–Crippen LogP) is 5.53. The molecule has 37 heavy (non-hydrogen) atoms. The molecule has 10 heteroatoms. The van der Waals surface area contributed by atoms with E-state index in [2.05, 4.69) is 5.32 Å². The highest BCUT2D eigenvalue weighted by molar-refractivity contribution is 8.15. The van der Waals surface area contributed by atoms with Gasteiger partial charge in [0.2, 0.25) is 11.8 Å². The van der Waals surface area contributed by atoms with E-state index in [0.29, 0.717) is 38.8 Å². The fourth-order valence-electron chi connectivity index (χ4n) is 3.75. The Morgan fingerprint density at radius 3 is 2.41 bits per heavy atom. The summed E-state index contributed by atoms with van der Waals surface area (Å²) in [5.74, 6) is 1.16. The summed E-state index contributed by atoms with van der Waals surface area (Å²) >= 11 is 7.26. The van der Waals surface area contributed by atoms with Crippen LogP contribution < -0.4 is 19.5 Å². The van der Waals surface area contributed by atoms with Crippen LogP contribution in [-0.4, -0.2) is 48.5 Å². The van der Waals surface area contributed by atoms with Gasteiger partial charge in [0.25, 0.3) is 0 Å². The van der Waals surface area contributed by atoms with Crippen LogP contribution in [0.15, 0.2) is 71.7 Å². The van der Waals surface area contributed by atoms with Crippen LogP contribution in [0.25, 0.3) is 0 Å². The molecule has 1 N–H and O–H groups in total. The highest BCUT2D eigenvalue weighted by Gasteiger charge is 2.36. The highest BCUT2D eigenvalue weighted by Crippen LogP contribution is 2.34. The van der Waals surface area contributed by atoms with Crippen LogP contribution in [0.4, 0.5) is 11.4 Å². The molecule has 0 aromatic heterocycles. The second kappa shape index (κ2) is 12.0. The molecule has 3 aromatic carbocycles. The quantitative estimate of drug-likeness (QED) is 0.405. The van der Waals surface area contributed by atoms with E-state index in [1.54, 1.807) is 67.7 Å². The number of amidine groups is 1. The molecule has 8 nitrogen and oxygen atoms in total. The van der Waals surface area contributed by atoms with E-state index in [9.17, 15) is 9.59 Å². The molecule has 1 saturated heterocycles. The number of thioether (sulfide) groups is 1. The van der Waals surface area contributed by atoms with E-state index in [1.807, 2.05) is 18.2 Å². The number of nitrogens with zero attached hydrogens (tertiary/aromatic N) is 2. The average molecular weight is 540 g/mol. The Morgan fingerprint density at radius 2 is 1.70 bits per heavy atom. The third kappa shape index (κ3) is 6.36. The second-order valence-electron chi connectivity index (χ2n) is 8.04. The minimum Gasteiger partial charge on any atom is -0.495 e. The number of anilines is 1. The SMILES string of the molecule is COc1ccccc1NC(=O)C1CC(=O)N(Cc2ccc(OC)c(OC)c2)C(=Nc2ccc(Cl)cc2)S1. The van der Waals surface area contributed by atoms with Crippen molar-refractivity contribution in [3.63, 3.8) is 0 Å². The number of hydrogen-bond acceptors (Lipinski definition) is 7. The van der Waals surface area contributed by atoms with Crippen molar-refractivity contribution in [2.45, 2.75) is 18.2 Å². The van der Waals surface area contributed by atoms with Crippen LogP contribution in [0.2, 0.25) is 5.02 Å². The van der Waals surface area contributed by atoms with E-state index in [-0.39, 0.29) is 24.8 Å². The van der Waals surface area contributed by atoms with Crippen molar-refractivity contribution in [3.8, 4) is 17.2 Å². The lowest BCUT2D eigenvalue weighted by Crippen LogP contribution is -2.44. The van der Waals surface area contributed by atoms with Crippen molar-refractivity contribution in [2.75, 3.05) is 26.6 Å². The van der Waals surface area contributed by atoms with Crippen LogP contribution >= 0.6 is 23.4 Å². The molecule has 1 aliphatic heterocycles. The Bertz CT molecular complexity index is 1320. The summed E-state index contributed by atoms with van der Waals surface area (Å²) in [5, 5.41) is 3.19. The molecular formula is C27H26ClN3O5S. The van der Waals surface area contributed by atoms with Gasteiger partial charge in [-0.15, -0.1) is 0 Å². The summed E-state index contributed by atoms with van der Waals surface area (Å²) in [6, 6.07) is 19.5. The standard InChI is InChI=1S/C27H26ClN3O5S/c1-34-21-7-5-4-6-20(21)30-26(33)24-15-25(32)31(16-17-8-13-22(35-2)23(14-17)36-3)27(37-24)29-19-11-9-18(28)10-12-19/h4-14,24H,15-16H2,1-3H3,(H,30,33). The van der Waals surface area contributed by atoms with Crippen LogP contribution in [0, 0.1) is 0 Å². The first-order valence-corrected chi connectivity index (χ1v) is 12.6. The maximum absolute atomic E-state index is 13.4. The summed E-state index contributed by atoms with van der Waals surface area (Å²) in [6.07, 6.45) is 0.0125. The third-order valence-electron chi connectivity index (χ3n) is 5.64. The first-order chi connectivity index (χ1) is 17.9. The number of para-hydroxylation sites is 2. The van der Waals surface area contributed by atoms with Gasteiger partial charge >= 0.3 is 0 Å². The second-order valence-corrected chi connectivity index (χ2v) is 9.65. The fraction of sp³-hybridized carbons (Fsp3) is 0.222. The molecule has 1 heterocycles. The number of ether oxygens (including phenoxy) is 3. The number of carbonyl (C=O) groups excluding carboxylic acids is 2. The Labute approximate surface area is 224 Å². The topological polar surface area (TPSA) is 89.5 Å². The molecule has 1 aliphatic rings. The van der Waals surface area contributed by atoms with E-state index in [1.165, 1.54) is 18.9 Å². The van der Waals surface area contributed by atoms with Crippen molar-refractivity contribution >= 4 is 51.7 Å². The van der Waals surface area contributed by atoms with Gasteiger partial charge < -0.3 is 19.5 Å². The van der Waals surface area contributed by atoms with Gasteiger partial charge in [-0.25, -0.2) is 4.99 Å². The molecule has 2 amide bonds. The van der Waals surface area contributed by atoms with Crippen molar-refractivity contribution in [1.82, 2.24) is 4.90 Å². The molecule has 0 aliphatic carbocycles. The van der Waals surface area contributed by atoms with Crippen LogP contribution in [-0.2, 0) is 16.1 Å². The van der Waals surface area contributed by atoms with Gasteiger partial charge in [0.15, 0.2) is 16.7 Å². The summed E-state index contributed by atoms with van der Waals surface area (Å²) in [7, 11) is 4.66. The summed E-state index contributed by atoms with van der Waals surface area (Å²) in [5.41, 5.74) is 1.97.